The normalized spacial score (nSPS) is 22.2. The number of ether oxygens (including phenoxy) is 4. The molecule has 792 valence electrons. The zero-order valence-electron chi connectivity index (χ0n) is 94.1. The van der Waals surface area contributed by atoms with Gasteiger partial charge in [-0.05, 0) is 231 Å². The minimum absolute atomic E-state index is 0.0176. The molecule has 3 amide bonds. The van der Waals surface area contributed by atoms with Crippen molar-refractivity contribution in [2.75, 3.05) is 26.2 Å². The van der Waals surface area contributed by atoms with E-state index >= 15 is 0 Å². The highest BCUT2D eigenvalue weighted by Crippen LogP contribution is 2.69. The number of unbranched alkanes of at least 4 members (excludes halogenated alkanes) is 2. The van der Waals surface area contributed by atoms with E-state index in [-0.39, 0.29) is 162 Å². The molecule has 9 N–H and O–H groups in total. The zero-order chi connectivity index (χ0) is 104. The summed E-state index contributed by atoms with van der Waals surface area (Å²) < 4.78 is 26.5. The van der Waals surface area contributed by atoms with E-state index in [9.17, 15) is 47.9 Å². The van der Waals surface area contributed by atoms with Gasteiger partial charge >= 0.3 is 0 Å². The first-order valence-electron chi connectivity index (χ1n) is 54.4. The average Bonchev–Trinajstić information content (AvgIpc) is 1.62. The van der Waals surface area contributed by atoms with Crippen LogP contribution in [0.15, 0.2) is 0 Å². The third-order valence-electron chi connectivity index (χ3n) is 27.5. The summed E-state index contributed by atoms with van der Waals surface area (Å²) in [5.41, 5.74) is 0.521. The van der Waals surface area contributed by atoms with Gasteiger partial charge in [-0.2, -0.15) is 0 Å². The van der Waals surface area contributed by atoms with Gasteiger partial charge in [0.05, 0.1) is 79.0 Å². The fraction of sp³-hybridized carbons (Fsp3) is 0.911. The molecule has 16 unspecified atom stereocenters. The quantitative estimate of drug-likeness (QED) is 0.0256. The van der Waals surface area contributed by atoms with Crippen LogP contribution in [0, 0.1) is 93.7 Å². The van der Waals surface area contributed by atoms with Crippen LogP contribution in [0.3, 0.4) is 0 Å². The molecular weight excluding hydrogens is 1700 g/mol. The minimum atomic E-state index is -0.859. The van der Waals surface area contributed by atoms with E-state index in [0.717, 1.165) is 77.5 Å². The van der Waals surface area contributed by atoms with Gasteiger partial charge < -0.3 is 66.8 Å². The van der Waals surface area contributed by atoms with E-state index in [1.807, 2.05) is 69.2 Å². The van der Waals surface area contributed by atoms with Crippen LogP contribution >= 0.6 is 0 Å². The number of Topliss-reactive ketones (excluding diaryl/α,β-unsaturated/α-hetero) is 7. The van der Waals surface area contributed by atoms with Gasteiger partial charge in [-0.3, -0.25) is 47.9 Å². The van der Waals surface area contributed by atoms with Crippen molar-refractivity contribution in [3.8, 4) is 0 Å². The molecule has 17 atom stereocenters. The number of carbonyl (C=O) groups excluding carboxylic acids is 10. The predicted octanol–water partition coefficient (Wildman–Crippen LogP) is 20.7. The Morgan fingerprint density at radius 1 is 0.333 bits per heavy atom. The van der Waals surface area contributed by atoms with Crippen molar-refractivity contribution in [2.24, 2.45) is 93.7 Å². The summed E-state index contributed by atoms with van der Waals surface area (Å²) in [5.74, 6) is 3.88. The molecule has 23 heteroatoms. The van der Waals surface area contributed by atoms with Gasteiger partial charge in [-0.1, -0.05) is 227 Å². The van der Waals surface area contributed by atoms with E-state index in [1.165, 1.54) is 51.4 Å². The van der Waals surface area contributed by atoms with Crippen molar-refractivity contribution in [2.45, 2.75) is 539 Å². The average molecular weight is 1910 g/mol. The van der Waals surface area contributed by atoms with Crippen molar-refractivity contribution < 1.29 is 66.9 Å². The summed E-state index contributed by atoms with van der Waals surface area (Å²) in [5, 5.41) is 28.6. The Morgan fingerprint density at radius 2 is 0.719 bits per heavy atom. The molecule has 0 spiro atoms. The lowest BCUT2D eigenvalue weighted by Gasteiger charge is -2.65. The molecule has 0 radical (unpaired) electrons. The van der Waals surface area contributed by atoms with Gasteiger partial charge in [0.15, 0.2) is 34.7 Å². The Labute approximate surface area is 827 Å². The second-order valence-electron chi connectivity index (χ2n) is 46.7. The maximum Gasteiger partial charge on any atom is 0.220 e. The topological polar surface area (TPSA) is 316 Å². The third kappa shape index (κ3) is 52.0. The first-order chi connectivity index (χ1) is 62.7. The van der Waals surface area contributed by atoms with Crippen LogP contribution in [0.4, 0.5) is 0 Å². The number of fused-ring (bicyclic) bond motifs is 5. The van der Waals surface area contributed by atoms with Gasteiger partial charge in [-0.25, -0.2) is 0 Å². The maximum atomic E-state index is 12.8. The SMILES string of the molecule is CC(C)CCCCC(=O)NCCCCC(NC(C)C)C(=O)C(C)C.CC(C)NC(CCC(=O)NC(CCC(=O)NC(CCC(=O)C(C)C)C(=O)C(C)C)C(=O)C(C)C)C(=O)C(C)C.CC(C)NCCCC(NC(C)C)C(=O)C(C)C.CC(C)NCCCC(NC(C)C)C(=O)C(C)C.CC(C)OC[C@@H](C)C1CCC2C3C(OC(C)C)CC4CC(OC(C)C)CCC4(C)C3CC(OC(C)C)C21C. The fourth-order valence-electron chi connectivity index (χ4n) is 20.6. The Morgan fingerprint density at radius 3 is 1.10 bits per heavy atom. The highest BCUT2D eigenvalue weighted by Gasteiger charge is 2.67. The van der Waals surface area contributed by atoms with Crippen molar-refractivity contribution in [3.63, 3.8) is 0 Å². The van der Waals surface area contributed by atoms with Gasteiger partial charge in [0.1, 0.15) is 5.78 Å². The summed E-state index contributed by atoms with van der Waals surface area (Å²) in [6, 6.07) is 0.0255. The number of hydrogen-bond donors (Lipinski definition) is 9. The molecule has 0 aromatic carbocycles. The van der Waals surface area contributed by atoms with Gasteiger partial charge in [0, 0.05) is 122 Å². The first-order valence-corrected chi connectivity index (χ1v) is 54.4. The second-order valence-corrected chi connectivity index (χ2v) is 46.7. The molecule has 0 bridgehead atoms. The van der Waals surface area contributed by atoms with Crippen LogP contribution in [0.25, 0.3) is 0 Å². The van der Waals surface area contributed by atoms with Crippen molar-refractivity contribution in [1.82, 2.24) is 47.9 Å². The Kier molecular flexibility index (Phi) is 65.9. The van der Waals surface area contributed by atoms with Crippen molar-refractivity contribution >= 4 is 58.2 Å². The van der Waals surface area contributed by atoms with E-state index in [0.29, 0.717) is 132 Å². The second kappa shape index (κ2) is 68.0. The molecular formula is C112H215N9O14. The first kappa shape index (κ1) is 131. The lowest BCUT2D eigenvalue weighted by Crippen LogP contribution is -2.63. The molecule has 135 heavy (non-hydrogen) atoms. The smallest absolute Gasteiger partial charge is 0.220 e. The Balaban J connectivity index is 0.00000174. The predicted molar refractivity (Wildman–Crippen MR) is 560 cm³/mol. The van der Waals surface area contributed by atoms with Crippen LogP contribution in [0.5, 0.6) is 0 Å². The molecule has 4 aliphatic rings. The summed E-state index contributed by atoms with van der Waals surface area (Å²) >= 11 is 0. The minimum Gasteiger partial charge on any atom is -0.379 e. The van der Waals surface area contributed by atoms with Crippen LogP contribution in [-0.4, -0.2) is 200 Å². The van der Waals surface area contributed by atoms with E-state index in [1.54, 1.807) is 41.5 Å². The van der Waals surface area contributed by atoms with Crippen molar-refractivity contribution in [3.05, 3.63) is 0 Å². The highest BCUT2D eigenvalue weighted by molar-refractivity contribution is 5.93. The molecule has 4 aliphatic carbocycles. The summed E-state index contributed by atoms with van der Waals surface area (Å²) in [7, 11) is 0. The molecule has 4 fully saturated rings. The number of ketones is 7. The van der Waals surface area contributed by atoms with Gasteiger partial charge in [0.2, 0.25) is 17.7 Å². The van der Waals surface area contributed by atoms with Crippen LogP contribution in [0.2, 0.25) is 0 Å². The molecule has 4 rings (SSSR count). The summed E-state index contributed by atoms with van der Waals surface area (Å²) in [4.78, 5) is 124. The lowest BCUT2D eigenvalue weighted by atomic mass is 9.43. The number of rotatable bonds is 62. The molecule has 0 saturated heterocycles. The molecule has 0 aromatic heterocycles. The molecule has 0 heterocycles. The number of carbonyl (C=O) groups is 10. The highest BCUT2D eigenvalue weighted by atomic mass is 16.5. The number of nitrogens with one attached hydrogen (secondary N) is 9. The number of hydrogen-bond acceptors (Lipinski definition) is 20. The van der Waals surface area contributed by atoms with Crippen LogP contribution in [-0.2, 0) is 66.9 Å². The molecule has 4 saturated carbocycles. The Hall–Kier alpha value is -4.30. The molecule has 0 aliphatic heterocycles. The zero-order valence-corrected chi connectivity index (χ0v) is 94.1. The summed E-state index contributed by atoms with van der Waals surface area (Å²) in [6.45, 7) is 84.3. The van der Waals surface area contributed by atoms with Gasteiger partial charge in [0.25, 0.3) is 0 Å². The molecule has 0 aromatic rings. The van der Waals surface area contributed by atoms with Crippen LogP contribution < -0.4 is 47.9 Å². The number of amides is 3. The van der Waals surface area contributed by atoms with E-state index in [2.05, 4.69) is 207 Å². The Bertz CT molecular complexity index is 3270. The largest absolute Gasteiger partial charge is 0.379 e. The molecule has 23 nitrogen and oxygen atoms in total. The fourth-order valence-corrected chi connectivity index (χ4v) is 20.6. The maximum absolute atomic E-state index is 12.8. The summed E-state index contributed by atoms with van der Waals surface area (Å²) in [6.07, 6.45) is 22.3. The van der Waals surface area contributed by atoms with Gasteiger partial charge in [-0.15, -0.1) is 0 Å². The van der Waals surface area contributed by atoms with Crippen molar-refractivity contribution in [1.29, 1.82) is 0 Å². The van der Waals surface area contributed by atoms with E-state index < -0.39 is 24.0 Å². The standard InChI is InChI=1S/C34H62O4.C30H53N3O6.C20H40N2O2.2C14H30N2O/c1-20(2)35-19-24(9)27-12-13-28-32-29(18-31(34(27,28)11)38-23(7)8)33(10)15-14-26(36-21(3)4)16-25(33)17-30(32)37-22(5)6;1-17(2)25(34)14-11-23(29(38)19(5)6)32-27(36)16-13-24(30(39)20(7)8)33-26(35)15-12-22(31-21(9)10)28(37)18(3)4;1-15(2)11-7-8-13-19(23)21-14-10-9-12-18(22-17(5)6)20(24)16(3)4;2*1-10(2)14(17)13(16-12(5)6)8-7-9-15-11(3)4/h20-32H,12-19H2,1-11H3;17-24,31H,11-16H2,1-10H3,(H,32,36)(H,33,35);15-18,22H,7-14H2,1-6H3,(H,21,23);2*10-13,15-16H,7-9H2,1-6H3/t24-,25?,26?,27?,28?,29?,30?,31?,32?,33?,34?;;;;/m1..../s1. The monoisotopic (exact) mass is 1910 g/mol. The third-order valence-corrected chi connectivity index (χ3v) is 27.5. The van der Waals surface area contributed by atoms with Crippen LogP contribution in [0.1, 0.15) is 424 Å². The lowest BCUT2D eigenvalue weighted by molar-refractivity contribution is -0.238. The van der Waals surface area contributed by atoms with E-state index in [4.69, 9.17) is 18.9 Å².